The highest BCUT2D eigenvalue weighted by Crippen LogP contribution is 2.37. The fraction of sp³-hybridized carbons (Fsp3) is 0.364. The maximum absolute atomic E-state index is 11.6. The van der Waals surface area contributed by atoms with Crippen molar-refractivity contribution in [3.8, 4) is 5.75 Å². The fourth-order valence-corrected chi connectivity index (χ4v) is 1.99. The van der Waals surface area contributed by atoms with E-state index in [1.807, 2.05) is 0 Å². The number of nitrogens with two attached hydrogens (primary N) is 1. The van der Waals surface area contributed by atoms with Crippen molar-refractivity contribution in [1.82, 2.24) is 0 Å². The molecule has 0 radical (unpaired) electrons. The standard InChI is InChI=1S/C11H13ClN2O2/c1-16-10-6-8(13)7(12)5-9(10)14-4-2-3-11(14)15/h5-6H,2-4,13H2,1H3. The Hall–Kier alpha value is -1.42. The van der Waals surface area contributed by atoms with Crippen LogP contribution in [0.2, 0.25) is 5.02 Å². The van der Waals surface area contributed by atoms with Crippen molar-refractivity contribution in [2.45, 2.75) is 12.8 Å². The van der Waals surface area contributed by atoms with Gasteiger partial charge >= 0.3 is 0 Å². The predicted molar refractivity (Wildman–Crippen MR) is 64.0 cm³/mol. The van der Waals surface area contributed by atoms with Crippen LogP contribution in [0.3, 0.4) is 0 Å². The molecule has 1 aromatic carbocycles. The molecule has 86 valence electrons. The fourth-order valence-electron chi connectivity index (χ4n) is 1.84. The van der Waals surface area contributed by atoms with Crippen molar-refractivity contribution in [2.75, 3.05) is 24.3 Å². The molecule has 0 saturated carbocycles. The molecule has 2 N–H and O–H groups in total. The number of nitrogens with zero attached hydrogens (tertiary/aromatic N) is 1. The van der Waals surface area contributed by atoms with Gasteiger partial charge in [-0.25, -0.2) is 0 Å². The topological polar surface area (TPSA) is 55.6 Å². The first-order valence-electron chi connectivity index (χ1n) is 5.07. The normalized spacial score (nSPS) is 15.6. The Balaban J connectivity index is 2.46. The second-order valence-electron chi connectivity index (χ2n) is 3.69. The van der Waals surface area contributed by atoms with Crippen LogP contribution in [0, 0.1) is 0 Å². The number of hydrogen-bond acceptors (Lipinski definition) is 3. The van der Waals surface area contributed by atoms with Gasteiger partial charge < -0.3 is 15.4 Å². The number of hydrogen-bond donors (Lipinski definition) is 1. The lowest BCUT2D eigenvalue weighted by Gasteiger charge is -2.19. The summed E-state index contributed by atoms with van der Waals surface area (Å²) in [6.07, 6.45) is 1.44. The van der Waals surface area contributed by atoms with Gasteiger partial charge in [0.2, 0.25) is 5.91 Å². The van der Waals surface area contributed by atoms with Gasteiger partial charge in [-0.1, -0.05) is 11.6 Å². The number of anilines is 2. The summed E-state index contributed by atoms with van der Waals surface area (Å²) in [7, 11) is 1.55. The molecule has 0 aromatic heterocycles. The Kier molecular flexibility index (Phi) is 2.92. The Morgan fingerprint density at radius 2 is 2.25 bits per heavy atom. The number of carbonyl (C=O) groups excluding carboxylic acids is 1. The molecule has 1 aromatic rings. The average Bonchev–Trinajstić information content (AvgIpc) is 2.68. The molecule has 4 nitrogen and oxygen atoms in total. The van der Waals surface area contributed by atoms with E-state index in [2.05, 4.69) is 0 Å². The highest BCUT2D eigenvalue weighted by atomic mass is 35.5. The van der Waals surface area contributed by atoms with Crippen molar-refractivity contribution < 1.29 is 9.53 Å². The minimum absolute atomic E-state index is 0.0964. The van der Waals surface area contributed by atoms with Crippen LogP contribution in [0.1, 0.15) is 12.8 Å². The van der Waals surface area contributed by atoms with Crippen LogP contribution in [0.25, 0.3) is 0 Å². The third-order valence-electron chi connectivity index (χ3n) is 2.66. The summed E-state index contributed by atoms with van der Waals surface area (Å²) in [5, 5.41) is 0.440. The quantitative estimate of drug-likeness (QED) is 0.805. The number of rotatable bonds is 2. The molecule has 16 heavy (non-hydrogen) atoms. The van der Waals surface area contributed by atoms with Crippen molar-refractivity contribution >= 4 is 28.9 Å². The van der Waals surface area contributed by atoms with E-state index in [4.69, 9.17) is 22.1 Å². The average molecular weight is 241 g/mol. The van der Waals surface area contributed by atoms with Crippen LogP contribution in [-0.4, -0.2) is 19.6 Å². The van der Waals surface area contributed by atoms with E-state index in [0.717, 1.165) is 6.42 Å². The molecule has 0 unspecified atom stereocenters. The number of carbonyl (C=O) groups is 1. The molecule has 0 spiro atoms. The summed E-state index contributed by atoms with van der Waals surface area (Å²) in [5.74, 6) is 0.677. The third kappa shape index (κ3) is 1.80. The van der Waals surface area contributed by atoms with Gasteiger partial charge in [-0.05, 0) is 12.5 Å². The summed E-state index contributed by atoms with van der Waals surface area (Å²) in [6, 6.07) is 3.32. The zero-order valence-corrected chi connectivity index (χ0v) is 9.75. The Bertz CT molecular complexity index is 434. The molecule has 0 atom stereocenters. The molecular weight excluding hydrogens is 228 g/mol. The number of nitrogen functional groups attached to an aromatic ring is 1. The van der Waals surface area contributed by atoms with Gasteiger partial charge in [-0.15, -0.1) is 0 Å². The molecule has 1 amide bonds. The van der Waals surface area contributed by atoms with Gasteiger partial charge in [-0.2, -0.15) is 0 Å². The second-order valence-corrected chi connectivity index (χ2v) is 4.10. The minimum Gasteiger partial charge on any atom is -0.494 e. The van der Waals surface area contributed by atoms with Crippen LogP contribution in [-0.2, 0) is 4.79 Å². The van der Waals surface area contributed by atoms with Gasteiger partial charge in [0, 0.05) is 19.0 Å². The van der Waals surface area contributed by atoms with Crippen LogP contribution in [0.15, 0.2) is 12.1 Å². The number of methoxy groups -OCH3 is 1. The zero-order chi connectivity index (χ0) is 11.7. The minimum atomic E-state index is 0.0964. The summed E-state index contributed by atoms with van der Waals surface area (Å²) >= 11 is 5.95. The first-order valence-corrected chi connectivity index (χ1v) is 5.44. The van der Waals surface area contributed by atoms with Crippen molar-refractivity contribution in [2.24, 2.45) is 0 Å². The van der Waals surface area contributed by atoms with Gasteiger partial charge in [0.05, 0.1) is 23.5 Å². The van der Waals surface area contributed by atoms with Crippen LogP contribution >= 0.6 is 11.6 Å². The summed E-state index contributed by atoms with van der Waals surface area (Å²) < 4.78 is 5.21. The lowest BCUT2D eigenvalue weighted by molar-refractivity contribution is -0.117. The molecule has 2 rings (SSSR count). The van der Waals surface area contributed by atoms with E-state index in [1.165, 1.54) is 0 Å². The highest BCUT2D eigenvalue weighted by Gasteiger charge is 2.25. The van der Waals surface area contributed by atoms with E-state index in [-0.39, 0.29) is 5.91 Å². The first kappa shape index (κ1) is 11.1. The van der Waals surface area contributed by atoms with Crippen molar-refractivity contribution in [3.63, 3.8) is 0 Å². The monoisotopic (exact) mass is 240 g/mol. The maximum Gasteiger partial charge on any atom is 0.227 e. The zero-order valence-electron chi connectivity index (χ0n) is 9.00. The van der Waals surface area contributed by atoms with Gasteiger partial charge in [0.25, 0.3) is 0 Å². The molecule has 1 aliphatic heterocycles. The van der Waals surface area contributed by atoms with Gasteiger partial charge in [0.1, 0.15) is 5.75 Å². The van der Waals surface area contributed by atoms with E-state index < -0.39 is 0 Å². The number of benzene rings is 1. The predicted octanol–water partition coefficient (Wildman–Crippen LogP) is 2.06. The largest absolute Gasteiger partial charge is 0.494 e. The number of halogens is 1. The summed E-state index contributed by atoms with van der Waals surface area (Å²) in [4.78, 5) is 13.3. The summed E-state index contributed by atoms with van der Waals surface area (Å²) in [5.41, 5.74) is 6.83. The van der Waals surface area contributed by atoms with Gasteiger partial charge in [-0.3, -0.25) is 4.79 Å². The maximum atomic E-state index is 11.6. The number of ether oxygens (including phenoxy) is 1. The lowest BCUT2D eigenvalue weighted by atomic mass is 10.2. The van der Waals surface area contributed by atoms with Crippen molar-refractivity contribution in [1.29, 1.82) is 0 Å². The van der Waals surface area contributed by atoms with E-state index in [0.29, 0.717) is 35.1 Å². The van der Waals surface area contributed by atoms with E-state index in [1.54, 1.807) is 24.1 Å². The molecule has 0 bridgehead atoms. The SMILES string of the molecule is COc1cc(N)c(Cl)cc1N1CCCC1=O. The van der Waals surface area contributed by atoms with Crippen LogP contribution in [0.5, 0.6) is 5.75 Å². The smallest absolute Gasteiger partial charge is 0.227 e. The van der Waals surface area contributed by atoms with E-state index >= 15 is 0 Å². The summed E-state index contributed by atoms with van der Waals surface area (Å²) in [6.45, 7) is 0.704. The number of amides is 1. The first-order chi connectivity index (χ1) is 7.63. The van der Waals surface area contributed by atoms with Crippen LogP contribution < -0.4 is 15.4 Å². The van der Waals surface area contributed by atoms with Gasteiger partial charge in [0.15, 0.2) is 0 Å². The molecule has 1 fully saturated rings. The molecule has 5 heteroatoms. The molecule has 1 aliphatic rings. The third-order valence-corrected chi connectivity index (χ3v) is 2.99. The molecule has 0 aliphatic carbocycles. The van der Waals surface area contributed by atoms with Crippen molar-refractivity contribution in [3.05, 3.63) is 17.2 Å². The van der Waals surface area contributed by atoms with E-state index in [9.17, 15) is 4.79 Å². The lowest BCUT2D eigenvalue weighted by Crippen LogP contribution is -2.24. The Morgan fingerprint density at radius 3 is 2.81 bits per heavy atom. The second kappa shape index (κ2) is 4.22. The molecule has 1 saturated heterocycles. The van der Waals surface area contributed by atoms with Crippen LogP contribution in [0.4, 0.5) is 11.4 Å². The highest BCUT2D eigenvalue weighted by molar-refractivity contribution is 6.33. The Morgan fingerprint density at radius 1 is 1.50 bits per heavy atom. The Labute approximate surface area is 98.9 Å². The molecular formula is C11H13ClN2O2. The molecule has 1 heterocycles.